The van der Waals surface area contributed by atoms with Crippen LogP contribution in [-0.4, -0.2) is 57.4 Å². The van der Waals surface area contributed by atoms with E-state index in [2.05, 4.69) is 56.1 Å². The van der Waals surface area contributed by atoms with Crippen molar-refractivity contribution in [1.82, 2.24) is 9.97 Å². The zero-order chi connectivity index (χ0) is 35.8. The Balaban J connectivity index is 0.000000197. The van der Waals surface area contributed by atoms with Gasteiger partial charge in [-0.25, -0.2) is 4.79 Å². The molecule has 1 amide bonds. The molecule has 0 atom stereocenters. The van der Waals surface area contributed by atoms with E-state index in [9.17, 15) is 15.0 Å². The van der Waals surface area contributed by atoms with E-state index in [-0.39, 0.29) is 11.8 Å². The lowest BCUT2D eigenvalue weighted by molar-refractivity contribution is 0.0636. The first-order valence-corrected chi connectivity index (χ1v) is 16.6. The van der Waals surface area contributed by atoms with Crippen molar-refractivity contribution in [2.45, 2.75) is 47.1 Å². The van der Waals surface area contributed by atoms with Gasteiger partial charge in [-0.2, -0.15) is 0 Å². The maximum absolute atomic E-state index is 11.8. The summed E-state index contributed by atoms with van der Waals surface area (Å²) in [6, 6.07) is 28.8. The molecular formula is C40H44N6O4. The molecule has 2 heterocycles. The molecule has 5 N–H and O–H groups in total. The van der Waals surface area contributed by atoms with Crippen LogP contribution in [0.4, 0.5) is 27.5 Å². The third kappa shape index (κ3) is 8.70. The van der Waals surface area contributed by atoms with Crippen molar-refractivity contribution in [2.24, 2.45) is 9.98 Å². The molecule has 2 aromatic heterocycles. The molecule has 0 radical (unpaired) electrons. The number of hydrogen-bond donors (Lipinski definition) is 5. The van der Waals surface area contributed by atoms with Gasteiger partial charge in [0.15, 0.2) is 11.8 Å². The van der Waals surface area contributed by atoms with Crippen molar-refractivity contribution in [3.8, 4) is 11.8 Å². The minimum atomic E-state index is -0.548. The van der Waals surface area contributed by atoms with Crippen LogP contribution >= 0.6 is 0 Å². The Kier molecular flexibility index (Phi) is 10.9. The number of aliphatic imine (C=N–C) groups is 2. The SMILES string of the molecule is CCN(CC)c1ccc(N=Cc2c(O)[nH]c3ccccc23)cc1.Cc1cccc2[nH]c(O)c(C=Nc3ccc(NC(=O)OC(C)(C)C)cc3)c12. The summed E-state index contributed by atoms with van der Waals surface area (Å²) in [5, 5.41) is 24.8. The average molecular weight is 673 g/mol. The van der Waals surface area contributed by atoms with Gasteiger partial charge in [0, 0.05) is 58.7 Å². The zero-order valence-electron chi connectivity index (χ0n) is 29.3. The topological polar surface area (TPSA) is 138 Å². The molecule has 10 heteroatoms. The summed E-state index contributed by atoms with van der Waals surface area (Å²) >= 11 is 0. The fourth-order valence-electron chi connectivity index (χ4n) is 5.52. The highest BCUT2D eigenvalue weighted by Crippen LogP contribution is 2.29. The normalized spacial score (nSPS) is 11.6. The smallest absolute Gasteiger partial charge is 0.412 e. The van der Waals surface area contributed by atoms with Gasteiger partial charge in [-0.15, -0.1) is 0 Å². The molecule has 10 nitrogen and oxygen atoms in total. The first kappa shape index (κ1) is 35.3. The number of carbonyl (C=O) groups is 1. The molecular weight excluding hydrogens is 628 g/mol. The van der Waals surface area contributed by atoms with Crippen LogP contribution in [0.2, 0.25) is 0 Å². The highest BCUT2D eigenvalue weighted by molar-refractivity contribution is 6.04. The van der Waals surface area contributed by atoms with Crippen LogP contribution in [0.25, 0.3) is 21.8 Å². The number of anilines is 2. The Hall–Kier alpha value is -6.03. The quantitative estimate of drug-likeness (QED) is 0.103. The van der Waals surface area contributed by atoms with Gasteiger partial charge in [0.1, 0.15) is 5.60 Å². The van der Waals surface area contributed by atoms with E-state index >= 15 is 0 Å². The van der Waals surface area contributed by atoms with Crippen LogP contribution in [0.3, 0.4) is 0 Å². The number of nitrogens with zero attached hydrogens (tertiary/aromatic N) is 3. The van der Waals surface area contributed by atoms with Gasteiger partial charge in [-0.05, 0) is 108 Å². The van der Waals surface area contributed by atoms with E-state index in [0.717, 1.165) is 46.1 Å². The minimum absolute atomic E-state index is 0.0891. The van der Waals surface area contributed by atoms with Gasteiger partial charge in [-0.3, -0.25) is 15.3 Å². The second-order valence-electron chi connectivity index (χ2n) is 12.7. The fourth-order valence-corrected chi connectivity index (χ4v) is 5.52. The largest absolute Gasteiger partial charge is 0.494 e. The van der Waals surface area contributed by atoms with Gasteiger partial charge >= 0.3 is 6.09 Å². The number of nitrogens with one attached hydrogen (secondary N) is 3. The number of carbonyl (C=O) groups excluding carboxylic acids is 1. The van der Waals surface area contributed by atoms with E-state index in [4.69, 9.17) is 4.74 Å². The minimum Gasteiger partial charge on any atom is -0.494 e. The third-order valence-corrected chi connectivity index (χ3v) is 7.95. The Labute approximate surface area is 292 Å². The number of aromatic hydroxyl groups is 2. The Morgan fingerprint density at radius 1 is 0.780 bits per heavy atom. The molecule has 0 aliphatic carbocycles. The van der Waals surface area contributed by atoms with Crippen molar-refractivity contribution in [2.75, 3.05) is 23.3 Å². The summed E-state index contributed by atoms with van der Waals surface area (Å²) < 4.78 is 5.22. The Bertz CT molecular complexity index is 2120. The number of benzene rings is 4. The van der Waals surface area contributed by atoms with Gasteiger partial charge in [0.05, 0.1) is 22.5 Å². The summed E-state index contributed by atoms with van der Waals surface area (Å²) in [5.41, 5.74) is 7.04. The van der Waals surface area contributed by atoms with E-state index in [1.54, 1.807) is 36.7 Å². The Morgan fingerprint density at radius 2 is 1.34 bits per heavy atom. The summed E-state index contributed by atoms with van der Waals surface area (Å²) in [6.45, 7) is 13.7. The fraction of sp³-hybridized carbons (Fsp3) is 0.225. The van der Waals surface area contributed by atoms with Crippen LogP contribution < -0.4 is 10.2 Å². The van der Waals surface area contributed by atoms with Gasteiger partial charge < -0.3 is 29.8 Å². The molecule has 0 aliphatic heterocycles. The number of aryl methyl sites for hydroxylation is 1. The number of rotatable bonds is 8. The number of aromatic nitrogens is 2. The standard InChI is InChI=1S/C21H23N3O3.C19H21N3O/c1-13-6-5-7-17-18(13)16(19(25)24-17)12-22-14-8-10-15(11-9-14)23-20(26)27-21(2,3)4;1-3-22(4-2)15-11-9-14(10-12-15)20-13-17-16-7-5-6-8-18(16)21-19(17)23/h5-12,24-25H,1-4H3,(H,23,26);5-13,21,23H,3-4H2,1-2H3. The number of amides is 1. The maximum Gasteiger partial charge on any atom is 0.412 e. The van der Waals surface area contributed by atoms with E-state index < -0.39 is 11.7 Å². The van der Waals surface area contributed by atoms with Crippen LogP contribution in [0.5, 0.6) is 11.8 Å². The lowest BCUT2D eigenvalue weighted by Crippen LogP contribution is -2.27. The Morgan fingerprint density at radius 3 is 1.98 bits per heavy atom. The van der Waals surface area contributed by atoms with Crippen LogP contribution in [0.1, 0.15) is 51.3 Å². The summed E-state index contributed by atoms with van der Waals surface area (Å²) in [4.78, 5) is 28.9. The van der Waals surface area contributed by atoms with Gasteiger partial charge in [-0.1, -0.05) is 30.3 Å². The van der Waals surface area contributed by atoms with E-state index in [0.29, 0.717) is 22.5 Å². The van der Waals surface area contributed by atoms with Crippen molar-refractivity contribution in [1.29, 1.82) is 0 Å². The molecule has 0 spiro atoms. The van der Waals surface area contributed by atoms with Gasteiger partial charge in [0.25, 0.3) is 0 Å². The molecule has 6 rings (SSSR count). The molecule has 0 bridgehead atoms. The number of H-pyrrole nitrogens is 2. The monoisotopic (exact) mass is 672 g/mol. The number of hydrogen-bond acceptors (Lipinski definition) is 7. The molecule has 50 heavy (non-hydrogen) atoms. The highest BCUT2D eigenvalue weighted by atomic mass is 16.6. The van der Waals surface area contributed by atoms with Crippen molar-refractivity contribution < 1.29 is 19.7 Å². The summed E-state index contributed by atoms with van der Waals surface area (Å²) in [5.74, 6) is 0.237. The highest BCUT2D eigenvalue weighted by Gasteiger charge is 2.16. The van der Waals surface area contributed by atoms with Crippen molar-refractivity contribution >= 4 is 63.1 Å². The lowest BCUT2D eigenvalue weighted by atomic mass is 10.1. The first-order chi connectivity index (χ1) is 24.0. The molecule has 258 valence electrons. The molecule has 6 aromatic rings. The molecule has 0 saturated heterocycles. The predicted molar refractivity (Wildman–Crippen MR) is 205 cm³/mol. The number of para-hydroxylation sites is 1. The number of ether oxygens (including phenoxy) is 1. The third-order valence-electron chi connectivity index (χ3n) is 7.95. The second-order valence-corrected chi connectivity index (χ2v) is 12.7. The molecule has 0 fully saturated rings. The lowest BCUT2D eigenvalue weighted by Gasteiger charge is -2.20. The van der Waals surface area contributed by atoms with E-state index in [1.165, 1.54) is 5.69 Å². The molecule has 0 saturated carbocycles. The number of aromatic amines is 2. The second kappa shape index (κ2) is 15.5. The molecule has 4 aromatic carbocycles. The van der Waals surface area contributed by atoms with Crippen molar-refractivity contribution in [3.05, 3.63) is 108 Å². The number of fused-ring (bicyclic) bond motifs is 2. The van der Waals surface area contributed by atoms with Crippen LogP contribution in [0.15, 0.2) is 101 Å². The van der Waals surface area contributed by atoms with Gasteiger partial charge in [0.2, 0.25) is 0 Å². The maximum atomic E-state index is 11.8. The first-order valence-electron chi connectivity index (χ1n) is 16.6. The molecule has 0 aliphatic rings. The zero-order valence-corrected chi connectivity index (χ0v) is 29.3. The summed E-state index contributed by atoms with van der Waals surface area (Å²) in [7, 11) is 0. The average Bonchev–Trinajstić information content (AvgIpc) is 3.59. The van der Waals surface area contributed by atoms with Crippen LogP contribution in [-0.2, 0) is 4.74 Å². The van der Waals surface area contributed by atoms with Crippen molar-refractivity contribution in [3.63, 3.8) is 0 Å². The summed E-state index contributed by atoms with van der Waals surface area (Å²) in [6.07, 6.45) is 2.84. The van der Waals surface area contributed by atoms with Crippen LogP contribution in [0, 0.1) is 6.92 Å². The van der Waals surface area contributed by atoms with E-state index in [1.807, 2.05) is 82.3 Å². The predicted octanol–water partition coefficient (Wildman–Crippen LogP) is 9.75. The molecule has 0 unspecified atom stereocenters.